The number of nitrogens with one attached hydrogen (secondary N) is 1. The van der Waals surface area contributed by atoms with Crippen molar-refractivity contribution in [1.29, 1.82) is 0 Å². The first-order chi connectivity index (χ1) is 18.2. The zero-order valence-corrected chi connectivity index (χ0v) is 27.4. The molecule has 4 heterocycles. The number of carbonyl (C=O) groups is 2. The fraction of sp³-hybridized carbons (Fsp3) is 0.231. The molecular formula is C26H23Br4N5O2S. The van der Waals surface area contributed by atoms with Gasteiger partial charge in [0.2, 0.25) is 0 Å². The summed E-state index contributed by atoms with van der Waals surface area (Å²) in [4.78, 5) is 38.3. The van der Waals surface area contributed by atoms with E-state index in [9.17, 15) is 9.59 Å². The van der Waals surface area contributed by atoms with E-state index in [1.54, 1.807) is 48.0 Å². The Balaban J connectivity index is 0.000000167. The molecule has 1 N–H and O–H groups in total. The summed E-state index contributed by atoms with van der Waals surface area (Å²) in [6.07, 6.45) is 7.66. The maximum absolute atomic E-state index is 11.0. The van der Waals surface area contributed by atoms with Gasteiger partial charge >= 0.3 is 0 Å². The molecule has 0 aromatic carbocycles. The summed E-state index contributed by atoms with van der Waals surface area (Å²) in [5.74, 6) is 0.960. The molecule has 0 radical (unpaired) electrons. The highest BCUT2D eigenvalue weighted by molar-refractivity contribution is 9.11. The summed E-state index contributed by atoms with van der Waals surface area (Å²) in [7, 11) is 0. The number of ketones is 2. The van der Waals surface area contributed by atoms with E-state index in [0.29, 0.717) is 16.5 Å². The van der Waals surface area contributed by atoms with Gasteiger partial charge in [0.05, 0.1) is 11.0 Å². The van der Waals surface area contributed by atoms with Crippen LogP contribution in [0.1, 0.15) is 40.5 Å². The molecule has 5 rings (SSSR count). The lowest BCUT2D eigenvalue weighted by Gasteiger charge is -1.99. The van der Waals surface area contributed by atoms with E-state index < -0.39 is 0 Å². The first kappa shape index (κ1) is 30.7. The van der Waals surface area contributed by atoms with E-state index in [1.165, 1.54) is 19.8 Å². The van der Waals surface area contributed by atoms with E-state index in [2.05, 4.69) is 94.4 Å². The number of thiazole rings is 1. The fourth-order valence-corrected chi connectivity index (χ4v) is 4.53. The van der Waals surface area contributed by atoms with Crippen LogP contribution < -0.4 is 5.32 Å². The van der Waals surface area contributed by atoms with Crippen molar-refractivity contribution < 1.29 is 9.59 Å². The maximum Gasteiger partial charge on any atom is 0.183 e. The number of alkyl halides is 1. The van der Waals surface area contributed by atoms with E-state index in [0.717, 1.165) is 42.7 Å². The summed E-state index contributed by atoms with van der Waals surface area (Å²) in [6, 6.07) is 10.9. The van der Waals surface area contributed by atoms with Crippen LogP contribution >= 0.6 is 75.1 Å². The highest BCUT2D eigenvalue weighted by Gasteiger charge is 2.21. The predicted octanol–water partition coefficient (Wildman–Crippen LogP) is 8.26. The molecule has 1 aliphatic carbocycles. The zero-order chi connectivity index (χ0) is 27.5. The monoisotopic (exact) mass is 785 g/mol. The van der Waals surface area contributed by atoms with Gasteiger partial charge in [0, 0.05) is 47.2 Å². The molecule has 0 spiro atoms. The largest absolute Gasteiger partial charge is 0.361 e. The highest BCUT2D eigenvalue weighted by Crippen LogP contribution is 2.30. The normalized spacial score (nSPS) is 11.9. The smallest absolute Gasteiger partial charge is 0.183 e. The molecule has 0 unspecified atom stereocenters. The number of hydrogen-bond acceptors (Lipinski definition) is 8. The molecule has 4 aromatic rings. The molecular weight excluding hydrogens is 766 g/mol. The van der Waals surface area contributed by atoms with Crippen LogP contribution in [0.4, 0.5) is 5.13 Å². The van der Waals surface area contributed by atoms with Gasteiger partial charge < -0.3 is 5.32 Å². The van der Waals surface area contributed by atoms with Gasteiger partial charge in [0.15, 0.2) is 16.7 Å². The SMILES string of the molecule is Brc1ccc(-c2csc(NCC3CC3)n2)cn1.CC(=O)c1ccc(Br)nc1.O=C(CBr)c1ccc(Br)nc1. The summed E-state index contributed by atoms with van der Waals surface area (Å²) < 4.78 is 2.34. The van der Waals surface area contributed by atoms with Crippen molar-refractivity contribution in [3.63, 3.8) is 0 Å². The Bertz CT molecular complexity index is 1330. The van der Waals surface area contributed by atoms with Crippen LogP contribution in [0.2, 0.25) is 0 Å². The maximum atomic E-state index is 11.0. The van der Waals surface area contributed by atoms with Gasteiger partial charge in [-0.15, -0.1) is 11.3 Å². The Labute approximate surface area is 258 Å². The number of anilines is 1. The van der Waals surface area contributed by atoms with Crippen molar-refractivity contribution in [3.8, 4) is 11.3 Å². The number of aromatic nitrogens is 4. The molecule has 1 saturated carbocycles. The second kappa shape index (κ2) is 15.7. The lowest BCUT2D eigenvalue weighted by molar-refractivity contribution is 0.101. The molecule has 7 nitrogen and oxygen atoms in total. The Morgan fingerprint density at radius 3 is 1.95 bits per heavy atom. The van der Waals surface area contributed by atoms with Crippen molar-refractivity contribution in [3.05, 3.63) is 85.3 Å². The van der Waals surface area contributed by atoms with Crippen LogP contribution in [0, 0.1) is 5.92 Å². The summed E-state index contributed by atoms with van der Waals surface area (Å²) in [6.45, 7) is 2.58. The first-order valence-electron chi connectivity index (χ1n) is 11.4. The molecule has 198 valence electrons. The summed E-state index contributed by atoms with van der Waals surface area (Å²) in [5.41, 5.74) is 3.32. The van der Waals surface area contributed by atoms with Crippen molar-refractivity contribution in [2.24, 2.45) is 5.92 Å². The van der Waals surface area contributed by atoms with Gasteiger partial charge in [-0.1, -0.05) is 15.9 Å². The predicted molar refractivity (Wildman–Crippen MR) is 166 cm³/mol. The number of Topliss-reactive ketones (excluding diaryl/α,β-unsaturated/α-hetero) is 2. The number of rotatable bonds is 7. The van der Waals surface area contributed by atoms with E-state index in [4.69, 9.17) is 0 Å². The third-order valence-corrected chi connectivity index (χ3v) is 7.79. The van der Waals surface area contributed by atoms with Crippen molar-refractivity contribution >= 4 is 91.8 Å². The van der Waals surface area contributed by atoms with Crippen LogP contribution in [-0.2, 0) is 0 Å². The standard InChI is InChI=1S/C12H12BrN3S.C7H5Br2NO.C7H6BrNO/c13-11-4-3-9(6-14-11)10-7-17-12(16-10)15-5-8-1-2-8;8-3-6(11)5-1-2-7(9)10-4-5;1-5(10)6-2-3-7(8)9-4-6/h3-4,6-8H,1-2,5H2,(H,15,16);1-2,4H,3H2;2-4H,1H3. The van der Waals surface area contributed by atoms with E-state index in [1.807, 2.05) is 18.3 Å². The Hall–Kier alpha value is -1.86. The van der Waals surface area contributed by atoms with Crippen LogP contribution in [0.25, 0.3) is 11.3 Å². The molecule has 0 atom stereocenters. The Kier molecular flexibility index (Phi) is 12.6. The molecule has 0 aliphatic heterocycles. The Morgan fingerprint density at radius 1 is 0.895 bits per heavy atom. The number of carbonyl (C=O) groups excluding carboxylic acids is 2. The van der Waals surface area contributed by atoms with E-state index in [-0.39, 0.29) is 11.6 Å². The minimum atomic E-state index is 0.0417. The molecule has 1 aliphatic rings. The topological polar surface area (TPSA) is 97.7 Å². The highest BCUT2D eigenvalue weighted by atomic mass is 79.9. The van der Waals surface area contributed by atoms with Crippen molar-refractivity contribution in [2.75, 3.05) is 17.2 Å². The average molecular weight is 789 g/mol. The fourth-order valence-electron chi connectivity index (χ4n) is 2.77. The third-order valence-electron chi connectivity index (χ3n) is 5.07. The second-order valence-corrected chi connectivity index (χ2v) is 11.9. The summed E-state index contributed by atoms with van der Waals surface area (Å²) in [5, 5.41) is 6.81. The van der Waals surface area contributed by atoms with Gasteiger partial charge in [-0.2, -0.15) is 0 Å². The van der Waals surface area contributed by atoms with Crippen molar-refractivity contribution in [2.45, 2.75) is 19.8 Å². The average Bonchev–Trinajstić information content (AvgIpc) is 3.64. The second-order valence-electron chi connectivity index (χ2n) is 8.08. The molecule has 0 bridgehead atoms. The number of pyridine rings is 3. The lowest BCUT2D eigenvalue weighted by Crippen LogP contribution is -2.02. The van der Waals surface area contributed by atoms with Crippen LogP contribution in [0.3, 0.4) is 0 Å². The minimum Gasteiger partial charge on any atom is -0.361 e. The quantitative estimate of drug-likeness (QED) is 0.115. The van der Waals surface area contributed by atoms with E-state index >= 15 is 0 Å². The first-order valence-corrected chi connectivity index (χ1v) is 15.8. The summed E-state index contributed by atoms with van der Waals surface area (Å²) >= 11 is 14.4. The Morgan fingerprint density at radius 2 is 1.47 bits per heavy atom. The van der Waals surface area contributed by atoms with Gasteiger partial charge in [-0.25, -0.2) is 19.9 Å². The van der Waals surface area contributed by atoms with Crippen LogP contribution in [0.15, 0.2) is 74.2 Å². The van der Waals surface area contributed by atoms with Crippen molar-refractivity contribution in [1.82, 2.24) is 19.9 Å². The van der Waals surface area contributed by atoms with Crippen LogP contribution in [-0.4, -0.2) is 43.4 Å². The number of halogens is 4. The number of nitrogens with zero attached hydrogens (tertiary/aromatic N) is 4. The van der Waals surface area contributed by atoms with Gasteiger partial charge in [0.25, 0.3) is 0 Å². The molecule has 4 aromatic heterocycles. The van der Waals surface area contributed by atoms with Gasteiger partial charge in [-0.05, 0) is 110 Å². The molecule has 1 fully saturated rings. The minimum absolute atomic E-state index is 0.0417. The molecule has 0 amide bonds. The number of hydrogen-bond donors (Lipinski definition) is 1. The molecule has 12 heteroatoms. The van der Waals surface area contributed by atoms with Gasteiger partial charge in [-0.3, -0.25) is 9.59 Å². The van der Waals surface area contributed by atoms with Crippen LogP contribution in [0.5, 0.6) is 0 Å². The third kappa shape index (κ3) is 10.7. The molecule has 0 saturated heterocycles. The molecule has 38 heavy (non-hydrogen) atoms. The lowest BCUT2D eigenvalue weighted by atomic mass is 10.2. The van der Waals surface area contributed by atoms with Gasteiger partial charge in [0.1, 0.15) is 13.8 Å². The zero-order valence-electron chi connectivity index (χ0n) is 20.2.